The fourth-order valence-corrected chi connectivity index (χ4v) is 5.35. The van der Waals surface area contributed by atoms with Crippen LogP contribution in [0.3, 0.4) is 0 Å². The Labute approximate surface area is 173 Å². The fourth-order valence-electron chi connectivity index (χ4n) is 5.35. The fraction of sp³-hybridized carbons (Fsp3) is 0.692. The molecule has 0 heterocycles. The van der Waals surface area contributed by atoms with Gasteiger partial charge in [-0.1, -0.05) is 77.7 Å². The van der Waals surface area contributed by atoms with E-state index in [0.29, 0.717) is 11.5 Å². The van der Waals surface area contributed by atoms with E-state index in [4.69, 9.17) is 0 Å². The van der Waals surface area contributed by atoms with Crippen LogP contribution in [0.5, 0.6) is 0 Å². The molecule has 0 saturated carbocycles. The first-order chi connectivity index (χ1) is 12.8. The van der Waals surface area contributed by atoms with Crippen molar-refractivity contribution in [2.45, 2.75) is 93.9 Å². The number of allylic oxidation sites excluding steroid dienone is 8. The van der Waals surface area contributed by atoms with Gasteiger partial charge in [0.15, 0.2) is 0 Å². The van der Waals surface area contributed by atoms with Gasteiger partial charge in [-0.05, 0) is 62.5 Å². The molecule has 158 valence electrons. The highest BCUT2D eigenvalue weighted by Crippen LogP contribution is 2.56. The van der Waals surface area contributed by atoms with Crippen LogP contribution in [-0.4, -0.2) is 10.2 Å². The van der Waals surface area contributed by atoms with E-state index >= 15 is 0 Å². The first-order valence-electron chi connectivity index (χ1n) is 10.9. The second-order valence-electron chi connectivity index (χ2n) is 11.4. The van der Waals surface area contributed by atoms with E-state index in [2.05, 4.69) is 55.4 Å². The number of aliphatic hydroxyl groups excluding tert-OH is 2. The van der Waals surface area contributed by atoms with Crippen molar-refractivity contribution in [3.8, 4) is 0 Å². The molecule has 0 saturated heterocycles. The SMILES string of the molecule is CC1=CC=C(O)C(CCCCC2(C(C)(C)C)CC(C)=CC=C2O)(C(C)(C)C)C1. The third kappa shape index (κ3) is 4.11. The molecule has 2 N–H and O–H groups in total. The summed E-state index contributed by atoms with van der Waals surface area (Å²) in [4.78, 5) is 0. The quantitative estimate of drug-likeness (QED) is 0.467. The van der Waals surface area contributed by atoms with Crippen molar-refractivity contribution >= 4 is 0 Å². The van der Waals surface area contributed by atoms with Crippen LogP contribution in [-0.2, 0) is 0 Å². The summed E-state index contributed by atoms with van der Waals surface area (Å²) in [5.74, 6) is 1.07. The van der Waals surface area contributed by atoms with Gasteiger partial charge in [-0.2, -0.15) is 0 Å². The standard InChI is InChI=1S/C26H42O2/c1-19-11-13-21(27)25(17-19,23(3,4)5)15-9-10-16-26(24(6,7)8)18-20(2)12-14-22(26)28/h11-14,27-28H,9-10,15-18H2,1-8H3. The Kier molecular flexibility index (Phi) is 6.34. The average Bonchev–Trinajstić information content (AvgIpc) is 2.55. The molecule has 0 radical (unpaired) electrons. The lowest BCUT2D eigenvalue weighted by molar-refractivity contribution is 0.0444. The van der Waals surface area contributed by atoms with Crippen LogP contribution in [0.25, 0.3) is 0 Å². The van der Waals surface area contributed by atoms with Crippen molar-refractivity contribution in [1.82, 2.24) is 0 Å². The Morgan fingerprint density at radius 3 is 1.29 bits per heavy atom. The predicted molar refractivity (Wildman–Crippen MR) is 120 cm³/mol. The topological polar surface area (TPSA) is 40.5 Å². The summed E-state index contributed by atoms with van der Waals surface area (Å²) in [6.07, 6.45) is 13.8. The monoisotopic (exact) mass is 386 g/mol. The van der Waals surface area contributed by atoms with Crippen molar-refractivity contribution < 1.29 is 10.2 Å². The van der Waals surface area contributed by atoms with Crippen LogP contribution < -0.4 is 0 Å². The predicted octanol–water partition coefficient (Wildman–Crippen LogP) is 8.20. The first-order valence-corrected chi connectivity index (χ1v) is 10.9. The largest absolute Gasteiger partial charge is 0.512 e. The van der Waals surface area contributed by atoms with E-state index in [1.807, 2.05) is 24.3 Å². The molecule has 28 heavy (non-hydrogen) atoms. The van der Waals surface area contributed by atoms with Crippen LogP contribution in [0.1, 0.15) is 93.9 Å². The highest BCUT2D eigenvalue weighted by molar-refractivity contribution is 5.29. The Morgan fingerprint density at radius 2 is 1.00 bits per heavy atom. The van der Waals surface area contributed by atoms with Gasteiger partial charge in [0.1, 0.15) is 0 Å². The second-order valence-corrected chi connectivity index (χ2v) is 11.4. The Morgan fingerprint density at radius 1 is 0.679 bits per heavy atom. The number of aliphatic hydroxyl groups is 2. The van der Waals surface area contributed by atoms with Crippen molar-refractivity contribution in [1.29, 1.82) is 0 Å². The third-order valence-corrected chi connectivity index (χ3v) is 7.52. The zero-order valence-corrected chi connectivity index (χ0v) is 19.4. The molecule has 0 bridgehead atoms. The van der Waals surface area contributed by atoms with E-state index in [0.717, 1.165) is 38.5 Å². The smallest absolute Gasteiger partial charge is 0.0992 e. The molecule has 2 aliphatic rings. The molecule has 0 aromatic heterocycles. The molecule has 2 unspecified atom stereocenters. The van der Waals surface area contributed by atoms with Gasteiger partial charge < -0.3 is 10.2 Å². The van der Waals surface area contributed by atoms with Gasteiger partial charge >= 0.3 is 0 Å². The molecule has 2 heteroatoms. The van der Waals surface area contributed by atoms with Gasteiger partial charge in [-0.15, -0.1) is 0 Å². The lowest BCUT2D eigenvalue weighted by atomic mass is 9.57. The van der Waals surface area contributed by atoms with Crippen LogP contribution in [0.4, 0.5) is 0 Å². The highest BCUT2D eigenvalue weighted by atomic mass is 16.3. The molecule has 0 fully saturated rings. The number of hydrogen-bond acceptors (Lipinski definition) is 2. The molecule has 2 nitrogen and oxygen atoms in total. The molecule has 0 aromatic rings. The van der Waals surface area contributed by atoms with Crippen molar-refractivity contribution in [3.63, 3.8) is 0 Å². The molecular formula is C26H42O2. The third-order valence-electron chi connectivity index (χ3n) is 7.52. The van der Waals surface area contributed by atoms with E-state index in [1.54, 1.807) is 0 Å². The normalized spacial score (nSPS) is 29.0. The van der Waals surface area contributed by atoms with Gasteiger partial charge in [0.25, 0.3) is 0 Å². The van der Waals surface area contributed by atoms with E-state index in [9.17, 15) is 10.2 Å². The van der Waals surface area contributed by atoms with Crippen molar-refractivity contribution in [2.75, 3.05) is 0 Å². The van der Waals surface area contributed by atoms with Crippen LogP contribution in [0, 0.1) is 21.7 Å². The average molecular weight is 387 g/mol. The van der Waals surface area contributed by atoms with Crippen molar-refractivity contribution in [2.24, 2.45) is 21.7 Å². The Hall–Kier alpha value is -1.44. The summed E-state index contributed by atoms with van der Waals surface area (Å²) in [5, 5.41) is 21.7. The van der Waals surface area contributed by atoms with Crippen LogP contribution >= 0.6 is 0 Å². The van der Waals surface area contributed by atoms with Crippen molar-refractivity contribution in [3.05, 3.63) is 47.0 Å². The summed E-state index contributed by atoms with van der Waals surface area (Å²) in [6.45, 7) is 17.8. The molecule has 0 spiro atoms. The minimum absolute atomic E-state index is 0.00295. The summed E-state index contributed by atoms with van der Waals surface area (Å²) < 4.78 is 0. The van der Waals surface area contributed by atoms with Gasteiger partial charge in [0, 0.05) is 10.8 Å². The first kappa shape index (κ1) is 22.8. The number of rotatable bonds is 5. The van der Waals surface area contributed by atoms with E-state index in [-0.39, 0.29) is 21.7 Å². The van der Waals surface area contributed by atoms with Crippen LogP contribution in [0.2, 0.25) is 0 Å². The zero-order chi connectivity index (χ0) is 21.4. The van der Waals surface area contributed by atoms with Crippen LogP contribution in [0.15, 0.2) is 47.0 Å². The lowest BCUT2D eigenvalue weighted by Gasteiger charge is -2.48. The number of hydrogen-bond donors (Lipinski definition) is 2. The van der Waals surface area contributed by atoms with E-state index in [1.165, 1.54) is 11.1 Å². The van der Waals surface area contributed by atoms with Gasteiger partial charge in [0.05, 0.1) is 11.5 Å². The highest BCUT2D eigenvalue weighted by Gasteiger charge is 2.48. The summed E-state index contributed by atoms with van der Waals surface area (Å²) >= 11 is 0. The summed E-state index contributed by atoms with van der Waals surface area (Å²) in [7, 11) is 0. The minimum Gasteiger partial charge on any atom is -0.512 e. The molecule has 2 rings (SSSR count). The Balaban J connectivity index is 2.15. The van der Waals surface area contributed by atoms with Gasteiger partial charge in [0.2, 0.25) is 0 Å². The summed E-state index contributed by atoms with van der Waals surface area (Å²) in [6, 6.07) is 0. The van der Waals surface area contributed by atoms with E-state index < -0.39 is 0 Å². The molecule has 0 amide bonds. The maximum absolute atomic E-state index is 10.8. The molecule has 0 aromatic carbocycles. The molecule has 2 atom stereocenters. The van der Waals surface area contributed by atoms with Gasteiger partial charge in [-0.3, -0.25) is 0 Å². The molecule has 0 aliphatic heterocycles. The minimum atomic E-state index is -0.193. The second kappa shape index (κ2) is 7.76. The molecule has 2 aliphatic carbocycles. The Bertz CT molecular complexity index is 644. The molecular weight excluding hydrogens is 344 g/mol. The maximum atomic E-state index is 10.8. The summed E-state index contributed by atoms with van der Waals surface area (Å²) in [5.41, 5.74) is 2.29. The number of unbranched alkanes of at least 4 members (excludes halogenated alkanes) is 1. The lowest BCUT2D eigenvalue weighted by Crippen LogP contribution is -2.40. The zero-order valence-electron chi connectivity index (χ0n) is 19.4. The van der Waals surface area contributed by atoms with Gasteiger partial charge in [-0.25, -0.2) is 0 Å². The maximum Gasteiger partial charge on any atom is 0.0992 e.